The molecule has 0 aliphatic heterocycles. The van der Waals surface area contributed by atoms with Crippen LogP contribution < -0.4 is 10.6 Å². The zero-order valence-electron chi connectivity index (χ0n) is 11.7. The van der Waals surface area contributed by atoms with Gasteiger partial charge in [0.05, 0.1) is 0 Å². The van der Waals surface area contributed by atoms with Gasteiger partial charge in [0.25, 0.3) is 0 Å². The summed E-state index contributed by atoms with van der Waals surface area (Å²) in [6, 6.07) is -0.233. The number of carbonyl (C=O) groups is 1. The molecule has 1 heterocycles. The summed E-state index contributed by atoms with van der Waals surface area (Å²) in [6.45, 7) is 6.45. The van der Waals surface area contributed by atoms with E-state index in [-0.39, 0.29) is 6.04 Å². The fourth-order valence-electron chi connectivity index (χ4n) is 1.62. The molecule has 106 valence electrons. The van der Waals surface area contributed by atoms with E-state index in [9.17, 15) is 4.79 Å². The maximum Gasteiger partial charge on any atom is 0.320 e. The summed E-state index contributed by atoms with van der Waals surface area (Å²) in [5.74, 6) is -0.233. The van der Waals surface area contributed by atoms with Crippen molar-refractivity contribution in [3.8, 4) is 0 Å². The van der Waals surface area contributed by atoms with E-state index < -0.39 is 12.0 Å². The Hall–Kier alpha value is -1.69. The maximum absolute atomic E-state index is 11.0. The van der Waals surface area contributed by atoms with E-state index in [2.05, 4.69) is 20.6 Å². The van der Waals surface area contributed by atoms with Crippen LogP contribution in [-0.2, 0) is 11.3 Å². The SMILES string of the molecule is CCC[C@@H](NCc1cnc(NC(C)C)nc1)C(=O)O. The van der Waals surface area contributed by atoms with E-state index in [1.807, 2.05) is 20.8 Å². The molecule has 0 aliphatic carbocycles. The van der Waals surface area contributed by atoms with Crippen LogP contribution in [0, 0.1) is 0 Å². The van der Waals surface area contributed by atoms with E-state index in [4.69, 9.17) is 5.11 Å². The Bertz CT molecular complexity index is 392. The predicted molar refractivity (Wildman–Crippen MR) is 74.0 cm³/mol. The van der Waals surface area contributed by atoms with E-state index in [1.165, 1.54) is 0 Å². The second-order valence-corrected chi connectivity index (χ2v) is 4.77. The van der Waals surface area contributed by atoms with Crippen LogP contribution in [0.5, 0.6) is 0 Å². The molecule has 1 aromatic rings. The summed E-state index contributed by atoms with van der Waals surface area (Å²) in [5, 5.41) is 15.1. The molecule has 0 bridgehead atoms. The number of carboxylic acids is 1. The van der Waals surface area contributed by atoms with Gasteiger partial charge in [-0.1, -0.05) is 13.3 Å². The Kier molecular flexibility index (Phi) is 6.21. The molecule has 0 spiro atoms. The number of rotatable bonds is 8. The Morgan fingerprint density at radius 3 is 2.47 bits per heavy atom. The lowest BCUT2D eigenvalue weighted by atomic mass is 10.1. The van der Waals surface area contributed by atoms with Crippen LogP contribution in [0.2, 0.25) is 0 Å². The van der Waals surface area contributed by atoms with Crippen LogP contribution in [0.25, 0.3) is 0 Å². The largest absolute Gasteiger partial charge is 0.480 e. The predicted octanol–water partition coefficient (Wildman–Crippen LogP) is 1.64. The molecule has 1 aromatic heterocycles. The standard InChI is InChI=1S/C13H22N4O2/c1-4-5-11(12(18)19)14-6-10-7-15-13(16-8-10)17-9(2)3/h7-9,11,14H,4-6H2,1-3H3,(H,18,19)(H,15,16,17)/t11-/m1/s1. The van der Waals surface area contributed by atoms with Gasteiger partial charge in [-0.15, -0.1) is 0 Å². The quantitative estimate of drug-likeness (QED) is 0.663. The van der Waals surface area contributed by atoms with Crippen LogP contribution >= 0.6 is 0 Å². The smallest absolute Gasteiger partial charge is 0.320 e. The highest BCUT2D eigenvalue weighted by Crippen LogP contribution is 2.03. The highest BCUT2D eigenvalue weighted by Gasteiger charge is 2.15. The third-order valence-corrected chi connectivity index (χ3v) is 2.55. The zero-order chi connectivity index (χ0) is 14.3. The second kappa shape index (κ2) is 7.68. The number of aromatic nitrogens is 2. The molecule has 0 aromatic carbocycles. The summed E-state index contributed by atoms with van der Waals surface area (Å²) >= 11 is 0. The van der Waals surface area contributed by atoms with Crippen LogP contribution in [0.15, 0.2) is 12.4 Å². The molecule has 0 unspecified atom stereocenters. The van der Waals surface area contributed by atoms with E-state index in [0.29, 0.717) is 18.9 Å². The number of nitrogens with zero attached hydrogens (tertiary/aromatic N) is 2. The summed E-state index contributed by atoms with van der Waals surface area (Å²) < 4.78 is 0. The Morgan fingerprint density at radius 1 is 1.37 bits per heavy atom. The van der Waals surface area contributed by atoms with Crippen molar-refractivity contribution < 1.29 is 9.90 Å². The Morgan fingerprint density at radius 2 is 2.00 bits per heavy atom. The fourth-order valence-corrected chi connectivity index (χ4v) is 1.62. The van der Waals surface area contributed by atoms with Crippen molar-refractivity contribution in [2.75, 3.05) is 5.32 Å². The lowest BCUT2D eigenvalue weighted by molar-refractivity contribution is -0.139. The number of anilines is 1. The number of hydrogen-bond acceptors (Lipinski definition) is 5. The molecule has 0 saturated carbocycles. The molecule has 1 atom stereocenters. The minimum Gasteiger partial charge on any atom is -0.480 e. The first kappa shape index (κ1) is 15.4. The van der Waals surface area contributed by atoms with Gasteiger partial charge >= 0.3 is 5.97 Å². The van der Waals surface area contributed by atoms with Gasteiger partial charge in [0.2, 0.25) is 5.95 Å². The second-order valence-electron chi connectivity index (χ2n) is 4.77. The van der Waals surface area contributed by atoms with E-state index >= 15 is 0 Å². The van der Waals surface area contributed by atoms with Crippen molar-refractivity contribution in [2.24, 2.45) is 0 Å². The molecule has 6 nitrogen and oxygen atoms in total. The third-order valence-electron chi connectivity index (χ3n) is 2.55. The minimum atomic E-state index is -0.819. The number of nitrogens with one attached hydrogen (secondary N) is 2. The molecule has 6 heteroatoms. The van der Waals surface area contributed by atoms with Gasteiger partial charge in [-0.2, -0.15) is 0 Å². The van der Waals surface area contributed by atoms with E-state index in [1.54, 1.807) is 12.4 Å². The van der Waals surface area contributed by atoms with E-state index in [0.717, 1.165) is 12.0 Å². The molecule has 0 fully saturated rings. The van der Waals surface area contributed by atoms with Crippen molar-refractivity contribution in [3.63, 3.8) is 0 Å². The molecule has 3 N–H and O–H groups in total. The lowest BCUT2D eigenvalue weighted by Gasteiger charge is -2.13. The van der Waals surface area contributed by atoms with Crippen molar-refractivity contribution >= 4 is 11.9 Å². The zero-order valence-corrected chi connectivity index (χ0v) is 11.7. The van der Waals surface area contributed by atoms with Crippen molar-refractivity contribution in [2.45, 2.75) is 52.2 Å². The average Bonchev–Trinajstić information content (AvgIpc) is 2.35. The number of hydrogen-bond donors (Lipinski definition) is 3. The van der Waals surface area contributed by atoms with Gasteiger partial charge < -0.3 is 15.7 Å². The van der Waals surface area contributed by atoms with Gasteiger partial charge in [-0.25, -0.2) is 9.97 Å². The van der Waals surface area contributed by atoms with Gasteiger partial charge in [-0.3, -0.25) is 4.79 Å². The minimum absolute atomic E-state index is 0.282. The van der Waals surface area contributed by atoms with Crippen LogP contribution in [0.4, 0.5) is 5.95 Å². The average molecular weight is 266 g/mol. The van der Waals surface area contributed by atoms with Crippen molar-refractivity contribution in [3.05, 3.63) is 18.0 Å². The highest BCUT2D eigenvalue weighted by molar-refractivity contribution is 5.73. The molecular formula is C13H22N4O2. The summed E-state index contributed by atoms with van der Waals surface area (Å²) in [4.78, 5) is 19.3. The van der Waals surface area contributed by atoms with Crippen LogP contribution in [-0.4, -0.2) is 33.1 Å². The molecule has 0 radical (unpaired) electrons. The molecule has 19 heavy (non-hydrogen) atoms. The summed E-state index contributed by atoms with van der Waals surface area (Å²) in [5.41, 5.74) is 0.872. The first-order chi connectivity index (χ1) is 9.02. The summed E-state index contributed by atoms with van der Waals surface area (Å²) in [6.07, 6.45) is 4.85. The lowest BCUT2D eigenvalue weighted by Crippen LogP contribution is -2.36. The van der Waals surface area contributed by atoms with Crippen LogP contribution in [0.1, 0.15) is 39.2 Å². The molecule has 0 aliphatic rings. The van der Waals surface area contributed by atoms with Crippen molar-refractivity contribution in [1.82, 2.24) is 15.3 Å². The number of carboxylic acid groups (broad SMARTS) is 1. The third kappa shape index (κ3) is 5.65. The highest BCUT2D eigenvalue weighted by atomic mass is 16.4. The first-order valence-corrected chi connectivity index (χ1v) is 6.56. The first-order valence-electron chi connectivity index (χ1n) is 6.56. The topological polar surface area (TPSA) is 87.1 Å². The Balaban J connectivity index is 2.50. The maximum atomic E-state index is 11.0. The summed E-state index contributed by atoms with van der Waals surface area (Å²) in [7, 11) is 0. The molecule has 0 amide bonds. The monoisotopic (exact) mass is 266 g/mol. The van der Waals surface area contributed by atoms with Gasteiger partial charge in [-0.05, 0) is 20.3 Å². The molecule has 0 saturated heterocycles. The molecule has 1 rings (SSSR count). The van der Waals surface area contributed by atoms with Crippen LogP contribution in [0.3, 0.4) is 0 Å². The van der Waals surface area contributed by atoms with Gasteiger partial charge in [0.1, 0.15) is 6.04 Å². The molecular weight excluding hydrogens is 244 g/mol. The number of aliphatic carboxylic acids is 1. The fraction of sp³-hybridized carbons (Fsp3) is 0.615. The Labute approximate surface area is 113 Å². The van der Waals surface area contributed by atoms with Gasteiger partial charge in [0.15, 0.2) is 0 Å². The van der Waals surface area contributed by atoms with Crippen molar-refractivity contribution in [1.29, 1.82) is 0 Å². The normalized spacial score (nSPS) is 12.4. The van der Waals surface area contributed by atoms with Gasteiger partial charge in [0, 0.05) is 30.5 Å².